The Morgan fingerprint density at radius 1 is 1.36 bits per heavy atom. The van der Waals surface area contributed by atoms with Crippen LogP contribution in [0.25, 0.3) is 0 Å². The fraction of sp³-hybridized carbons (Fsp3) is 0.800. The third kappa shape index (κ3) is 4.84. The first kappa shape index (κ1) is 12.9. The predicted molar refractivity (Wildman–Crippen MR) is 55.8 cm³/mol. The molecule has 2 amide bonds. The Morgan fingerprint density at radius 3 is 2.29 bits per heavy atom. The van der Waals surface area contributed by atoms with Crippen molar-refractivity contribution < 1.29 is 9.59 Å². The van der Waals surface area contributed by atoms with E-state index < -0.39 is 0 Å². The highest BCUT2D eigenvalue weighted by Crippen LogP contribution is 1.97. The molecule has 0 unspecified atom stereocenters. The third-order valence-electron chi connectivity index (χ3n) is 1.91. The van der Waals surface area contributed by atoms with Crippen LogP contribution >= 0.6 is 0 Å². The summed E-state index contributed by atoms with van der Waals surface area (Å²) in [4.78, 5) is 24.0. The highest BCUT2D eigenvalue weighted by molar-refractivity contribution is 5.83. The molecule has 0 saturated carbocycles. The van der Waals surface area contributed by atoms with E-state index in [4.69, 9.17) is 0 Å². The van der Waals surface area contributed by atoms with Gasteiger partial charge < -0.3 is 10.2 Å². The van der Waals surface area contributed by atoms with Crippen molar-refractivity contribution in [1.82, 2.24) is 10.2 Å². The summed E-state index contributed by atoms with van der Waals surface area (Å²) in [7, 11) is 0. The second kappa shape index (κ2) is 6.40. The van der Waals surface area contributed by atoms with Crippen molar-refractivity contribution in [1.29, 1.82) is 0 Å². The van der Waals surface area contributed by atoms with Gasteiger partial charge in [0.25, 0.3) is 0 Å². The molecule has 0 fully saturated rings. The van der Waals surface area contributed by atoms with Crippen LogP contribution in [0.15, 0.2) is 0 Å². The Kier molecular flexibility index (Phi) is 5.92. The van der Waals surface area contributed by atoms with Crippen molar-refractivity contribution in [2.75, 3.05) is 13.1 Å². The topological polar surface area (TPSA) is 49.4 Å². The Balaban J connectivity index is 4.04. The molecule has 14 heavy (non-hydrogen) atoms. The summed E-state index contributed by atoms with van der Waals surface area (Å²) in [5, 5.41) is 2.74. The summed E-state index contributed by atoms with van der Waals surface area (Å²) >= 11 is 0. The second-order valence-corrected chi connectivity index (χ2v) is 3.59. The first-order valence-corrected chi connectivity index (χ1v) is 5.03. The number of amides is 2. The van der Waals surface area contributed by atoms with Gasteiger partial charge in [0, 0.05) is 19.5 Å². The van der Waals surface area contributed by atoms with Crippen molar-refractivity contribution in [3.63, 3.8) is 0 Å². The lowest BCUT2D eigenvalue weighted by Crippen LogP contribution is -2.43. The molecule has 0 aromatic rings. The van der Waals surface area contributed by atoms with Gasteiger partial charge in [0.1, 0.15) is 0 Å². The predicted octanol–water partition coefficient (Wildman–Crippen LogP) is 0.769. The van der Waals surface area contributed by atoms with E-state index >= 15 is 0 Å². The molecule has 0 radical (unpaired) electrons. The van der Waals surface area contributed by atoms with Crippen LogP contribution in [0.2, 0.25) is 0 Å². The summed E-state index contributed by atoms with van der Waals surface area (Å²) in [6.45, 7) is 8.09. The van der Waals surface area contributed by atoms with E-state index in [1.807, 2.05) is 20.8 Å². The van der Waals surface area contributed by atoms with Crippen LogP contribution in [0.1, 0.15) is 34.1 Å². The molecule has 0 saturated heterocycles. The average Bonchev–Trinajstić information content (AvgIpc) is 2.09. The summed E-state index contributed by atoms with van der Waals surface area (Å²) in [5.41, 5.74) is 0. The average molecular weight is 200 g/mol. The Hall–Kier alpha value is -1.06. The molecular formula is C10H20N2O2. The van der Waals surface area contributed by atoms with Crippen molar-refractivity contribution >= 4 is 11.8 Å². The summed E-state index contributed by atoms with van der Waals surface area (Å²) in [6.07, 6.45) is 0.910. The molecule has 0 aromatic carbocycles. The third-order valence-corrected chi connectivity index (χ3v) is 1.91. The van der Waals surface area contributed by atoms with Gasteiger partial charge in [0.15, 0.2) is 0 Å². The van der Waals surface area contributed by atoms with Crippen LogP contribution in [0.4, 0.5) is 0 Å². The summed E-state index contributed by atoms with van der Waals surface area (Å²) in [5.74, 6) is -0.151. The largest absolute Gasteiger partial charge is 0.355 e. The van der Waals surface area contributed by atoms with Crippen LogP contribution < -0.4 is 5.32 Å². The van der Waals surface area contributed by atoms with Crippen molar-refractivity contribution in [2.24, 2.45) is 0 Å². The molecule has 0 aliphatic heterocycles. The van der Waals surface area contributed by atoms with Gasteiger partial charge in [-0.2, -0.15) is 0 Å². The molecule has 1 N–H and O–H groups in total. The minimum Gasteiger partial charge on any atom is -0.355 e. The van der Waals surface area contributed by atoms with Gasteiger partial charge in [0.2, 0.25) is 11.8 Å². The minimum absolute atomic E-state index is 0.0633. The smallest absolute Gasteiger partial charge is 0.239 e. The zero-order valence-corrected chi connectivity index (χ0v) is 9.46. The van der Waals surface area contributed by atoms with Crippen LogP contribution in [-0.4, -0.2) is 35.8 Å². The highest BCUT2D eigenvalue weighted by Gasteiger charge is 2.15. The van der Waals surface area contributed by atoms with E-state index in [-0.39, 0.29) is 24.4 Å². The molecular weight excluding hydrogens is 180 g/mol. The van der Waals surface area contributed by atoms with Gasteiger partial charge in [-0.05, 0) is 20.3 Å². The number of hydrogen-bond donors (Lipinski definition) is 1. The quantitative estimate of drug-likeness (QED) is 0.712. The summed E-state index contributed by atoms with van der Waals surface area (Å²) in [6, 6.07) is 0.0693. The number of carbonyl (C=O) groups is 2. The highest BCUT2D eigenvalue weighted by atomic mass is 16.2. The van der Waals surface area contributed by atoms with E-state index in [0.717, 1.165) is 6.42 Å². The van der Waals surface area contributed by atoms with Crippen LogP contribution in [-0.2, 0) is 9.59 Å². The SMILES string of the molecule is CCCNC(=O)CN(C(C)=O)C(C)C. The Labute approximate surface area is 85.7 Å². The van der Waals surface area contributed by atoms with E-state index in [2.05, 4.69) is 5.32 Å². The number of carbonyl (C=O) groups excluding carboxylic acids is 2. The van der Waals surface area contributed by atoms with Crippen molar-refractivity contribution in [3.05, 3.63) is 0 Å². The van der Waals surface area contributed by atoms with E-state index in [1.165, 1.54) is 6.92 Å². The maximum absolute atomic E-state index is 11.3. The first-order chi connectivity index (χ1) is 6.49. The van der Waals surface area contributed by atoms with Gasteiger partial charge in [-0.3, -0.25) is 9.59 Å². The van der Waals surface area contributed by atoms with E-state index in [9.17, 15) is 9.59 Å². The molecule has 0 aliphatic rings. The lowest BCUT2D eigenvalue weighted by atomic mass is 10.3. The monoisotopic (exact) mass is 200 g/mol. The van der Waals surface area contributed by atoms with Crippen molar-refractivity contribution in [2.45, 2.75) is 40.2 Å². The molecule has 0 aliphatic carbocycles. The molecule has 0 heterocycles. The molecule has 0 atom stereocenters. The standard InChI is InChI=1S/C10H20N2O2/c1-5-6-11-10(14)7-12(8(2)3)9(4)13/h8H,5-7H2,1-4H3,(H,11,14). The maximum Gasteiger partial charge on any atom is 0.239 e. The molecule has 0 aromatic heterocycles. The Bertz CT molecular complexity index is 202. The lowest BCUT2D eigenvalue weighted by Gasteiger charge is -2.24. The van der Waals surface area contributed by atoms with Crippen molar-refractivity contribution in [3.8, 4) is 0 Å². The van der Waals surface area contributed by atoms with E-state index in [0.29, 0.717) is 6.54 Å². The lowest BCUT2D eigenvalue weighted by molar-refractivity contribution is -0.135. The molecule has 82 valence electrons. The molecule has 0 rings (SSSR count). The number of hydrogen-bond acceptors (Lipinski definition) is 2. The van der Waals surface area contributed by atoms with Crippen LogP contribution in [0.5, 0.6) is 0 Å². The fourth-order valence-corrected chi connectivity index (χ4v) is 1.13. The maximum atomic E-state index is 11.3. The number of nitrogens with one attached hydrogen (secondary N) is 1. The van der Waals surface area contributed by atoms with Crippen LogP contribution in [0.3, 0.4) is 0 Å². The van der Waals surface area contributed by atoms with Gasteiger partial charge in [-0.1, -0.05) is 6.92 Å². The summed E-state index contributed by atoms with van der Waals surface area (Å²) < 4.78 is 0. The molecule has 4 heteroatoms. The van der Waals surface area contributed by atoms with Gasteiger partial charge in [-0.15, -0.1) is 0 Å². The first-order valence-electron chi connectivity index (χ1n) is 5.03. The molecule has 0 spiro atoms. The zero-order chi connectivity index (χ0) is 11.1. The Morgan fingerprint density at radius 2 is 1.93 bits per heavy atom. The van der Waals surface area contributed by atoms with Gasteiger partial charge in [0.05, 0.1) is 6.54 Å². The number of rotatable bonds is 5. The van der Waals surface area contributed by atoms with Crippen LogP contribution in [0, 0.1) is 0 Å². The van der Waals surface area contributed by atoms with Gasteiger partial charge in [-0.25, -0.2) is 0 Å². The van der Waals surface area contributed by atoms with Gasteiger partial charge >= 0.3 is 0 Å². The zero-order valence-electron chi connectivity index (χ0n) is 9.46. The fourth-order valence-electron chi connectivity index (χ4n) is 1.13. The molecule has 0 bridgehead atoms. The number of nitrogens with zero attached hydrogens (tertiary/aromatic N) is 1. The minimum atomic E-state index is -0.0873. The molecule has 4 nitrogen and oxygen atoms in total. The van der Waals surface area contributed by atoms with E-state index in [1.54, 1.807) is 4.90 Å². The normalized spacial score (nSPS) is 10.1. The second-order valence-electron chi connectivity index (χ2n) is 3.59.